The number of nitrogens with zero attached hydrogens (tertiary/aromatic N) is 2. The molecule has 0 bridgehead atoms. The van der Waals surface area contributed by atoms with Crippen molar-refractivity contribution in [2.75, 3.05) is 33.2 Å². The lowest BCUT2D eigenvalue weighted by molar-refractivity contribution is 0.181. The lowest BCUT2D eigenvalue weighted by Crippen LogP contribution is -2.44. The molecule has 0 spiro atoms. The van der Waals surface area contributed by atoms with Gasteiger partial charge in [-0.2, -0.15) is 0 Å². The fourth-order valence-corrected chi connectivity index (χ4v) is 2.73. The molecule has 1 aliphatic rings. The zero-order valence-electron chi connectivity index (χ0n) is 15.2. The Labute approximate surface area is 154 Å². The van der Waals surface area contributed by atoms with Gasteiger partial charge in [0, 0.05) is 26.2 Å². The van der Waals surface area contributed by atoms with Gasteiger partial charge in [0.1, 0.15) is 0 Å². The average Bonchev–Trinajstić information content (AvgIpc) is 2.45. The molecule has 0 aromatic heterocycles. The Bertz CT molecular complexity index is 307. The van der Waals surface area contributed by atoms with Crippen molar-refractivity contribution in [3.05, 3.63) is 0 Å². The van der Waals surface area contributed by atoms with E-state index in [9.17, 15) is 0 Å². The molecule has 4 nitrogen and oxygen atoms in total. The van der Waals surface area contributed by atoms with Crippen molar-refractivity contribution in [1.82, 2.24) is 15.5 Å². The van der Waals surface area contributed by atoms with Crippen LogP contribution in [-0.2, 0) is 0 Å². The molecule has 0 amide bonds. The maximum absolute atomic E-state index is 4.29. The smallest absolute Gasteiger partial charge is 0.191 e. The maximum Gasteiger partial charge on any atom is 0.191 e. The normalized spacial score (nSPS) is 21.4. The lowest BCUT2D eigenvalue weighted by Gasteiger charge is -2.30. The Kier molecular flexibility index (Phi) is 12.4. The van der Waals surface area contributed by atoms with Crippen LogP contribution in [0.1, 0.15) is 53.4 Å². The first-order valence-electron chi connectivity index (χ1n) is 8.72. The number of unbranched alkanes of at least 4 members (excludes halogenated alkanes) is 1. The summed E-state index contributed by atoms with van der Waals surface area (Å²) in [6.45, 7) is 13.9. The van der Waals surface area contributed by atoms with E-state index in [1.54, 1.807) is 0 Å². The Hall–Kier alpha value is -0.0400. The van der Waals surface area contributed by atoms with Crippen LogP contribution >= 0.6 is 24.0 Å². The van der Waals surface area contributed by atoms with Gasteiger partial charge in [-0.25, -0.2) is 0 Å². The summed E-state index contributed by atoms with van der Waals surface area (Å²) in [7, 11) is 1.84. The van der Waals surface area contributed by atoms with Gasteiger partial charge in [0.25, 0.3) is 0 Å². The van der Waals surface area contributed by atoms with E-state index in [4.69, 9.17) is 0 Å². The number of guanidine groups is 1. The minimum absolute atomic E-state index is 0. The zero-order valence-corrected chi connectivity index (χ0v) is 17.5. The van der Waals surface area contributed by atoms with Crippen molar-refractivity contribution >= 4 is 29.9 Å². The van der Waals surface area contributed by atoms with E-state index in [1.165, 1.54) is 45.3 Å². The summed E-state index contributed by atoms with van der Waals surface area (Å²) in [5.74, 6) is 2.44. The third-order valence-electron chi connectivity index (χ3n) is 4.52. The molecule has 0 aliphatic carbocycles. The minimum Gasteiger partial charge on any atom is -0.356 e. The number of piperidine rings is 1. The molecular formula is C17H37IN4. The van der Waals surface area contributed by atoms with Gasteiger partial charge < -0.3 is 15.5 Å². The van der Waals surface area contributed by atoms with Gasteiger partial charge in [-0.05, 0) is 57.5 Å². The van der Waals surface area contributed by atoms with Crippen LogP contribution in [0.4, 0.5) is 0 Å². The largest absolute Gasteiger partial charge is 0.356 e. The van der Waals surface area contributed by atoms with Crippen molar-refractivity contribution in [2.45, 2.75) is 59.4 Å². The molecule has 1 heterocycles. The maximum atomic E-state index is 4.29. The summed E-state index contributed by atoms with van der Waals surface area (Å²) in [4.78, 5) is 6.92. The van der Waals surface area contributed by atoms with Crippen LogP contribution in [0.3, 0.4) is 0 Å². The topological polar surface area (TPSA) is 39.7 Å². The molecule has 2 N–H and O–H groups in total. The first-order valence-corrected chi connectivity index (χ1v) is 8.72. The zero-order chi connectivity index (χ0) is 15.7. The summed E-state index contributed by atoms with van der Waals surface area (Å²) >= 11 is 0. The van der Waals surface area contributed by atoms with Gasteiger partial charge in [0.05, 0.1) is 0 Å². The number of hydrogen-bond acceptors (Lipinski definition) is 2. The first kappa shape index (κ1) is 22.0. The number of aliphatic imine (C=N–C) groups is 1. The lowest BCUT2D eigenvalue weighted by atomic mass is 10.0. The standard InChI is InChI=1S/C17H36N4.HI/c1-14(2)16(4)20-17(18-5)19-10-6-7-11-21-12-8-9-15(3)13-21;/h14-16H,6-13H2,1-5H3,(H2,18,19,20);1H. The SMILES string of the molecule is CN=C(NCCCCN1CCCC(C)C1)NC(C)C(C)C.I. The Morgan fingerprint density at radius 2 is 2.00 bits per heavy atom. The average molecular weight is 424 g/mol. The van der Waals surface area contributed by atoms with Crippen LogP contribution in [0.2, 0.25) is 0 Å². The quantitative estimate of drug-likeness (QED) is 0.285. The van der Waals surface area contributed by atoms with Gasteiger partial charge in [-0.15, -0.1) is 24.0 Å². The number of nitrogens with one attached hydrogen (secondary N) is 2. The molecule has 0 saturated carbocycles. The van der Waals surface area contributed by atoms with Crippen LogP contribution in [0.25, 0.3) is 0 Å². The van der Waals surface area contributed by atoms with Crippen LogP contribution in [-0.4, -0.2) is 50.1 Å². The van der Waals surface area contributed by atoms with Crippen LogP contribution in [0.5, 0.6) is 0 Å². The predicted octanol–water partition coefficient (Wildman–Crippen LogP) is 3.33. The number of hydrogen-bond donors (Lipinski definition) is 2. The van der Waals surface area contributed by atoms with Crippen molar-refractivity contribution in [3.8, 4) is 0 Å². The van der Waals surface area contributed by atoms with Gasteiger partial charge in [-0.3, -0.25) is 4.99 Å². The van der Waals surface area contributed by atoms with Crippen LogP contribution in [0.15, 0.2) is 4.99 Å². The Morgan fingerprint density at radius 3 is 2.59 bits per heavy atom. The van der Waals surface area contributed by atoms with Gasteiger partial charge in [-0.1, -0.05) is 20.8 Å². The summed E-state index contributed by atoms with van der Waals surface area (Å²) in [6, 6.07) is 0.450. The molecule has 2 unspecified atom stereocenters. The molecule has 0 radical (unpaired) electrons. The fraction of sp³-hybridized carbons (Fsp3) is 0.941. The molecule has 22 heavy (non-hydrogen) atoms. The molecule has 1 fully saturated rings. The number of likely N-dealkylation sites (tertiary alicyclic amines) is 1. The monoisotopic (exact) mass is 424 g/mol. The van der Waals surface area contributed by atoms with E-state index in [-0.39, 0.29) is 24.0 Å². The Morgan fingerprint density at radius 1 is 1.27 bits per heavy atom. The summed E-state index contributed by atoms with van der Waals surface area (Å²) in [6.07, 6.45) is 5.27. The van der Waals surface area contributed by atoms with E-state index >= 15 is 0 Å². The van der Waals surface area contributed by atoms with Crippen molar-refractivity contribution in [2.24, 2.45) is 16.8 Å². The van der Waals surface area contributed by atoms with E-state index in [1.807, 2.05) is 7.05 Å². The summed E-state index contributed by atoms with van der Waals surface area (Å²) in [5.41, 5.74) is 0. The van der Waals surface area contributed by atoms with E-state index in [0.29, 0.717) is 12.0 Å². The molecule has 0 aromatic carbocycles. The van der Waals surface area contributed by atoms with Crippen molar-refractivity contribution < 1.29 is 0 Å². The fourth-order valence-electron chi connectivity index (χ4n) is 2.73. The highest BCUT2D eigenvalue weighted by molar-refractivity contribution is 14.0. The molecule has 2 atom stereocenters. The highest BCUT2D eigenvalue weighted by Gasteiger charge is 2.15. The predicted molar refractivity (Wildman–Crippen MR) is 108 cm³/mol. The Balaban J connectivity index is 0.00000441. The number of halogens is 1. The van der Waals surface area contributed by atoms with Gasteiger partial charge in [0.2, 0.25) is 0 Å². The molecule has 5 heteroatoms. The third-order valence-corrected chi connectivity index (χ3v) is 4.52. The molecule has 1 saturated heterocycles. The molecule has 1 aliphatic heterocycles. The second-order valence-electron chi connectivity index (χ2n) is 6.93. The van der Waals surface area contributed by atoms with Crippen LogP contribution < -0.4 is 10.6 Å². The van der Waals surface area contributed by atoms with Gasteiger partial charge in [0.15, 0.2) is 5.96 Å². The van der Waals surface area contributed by atoms with Crippen molar-refractivity contribution in [1.29, 1.82) is 0 Å². The molecule has 1 rings (SSSR count). The summed E-state index contributed by atoms with van der Waals surface area (Å²) < 4.78 is 0. The molecule has 132 valence electrons. The van der Waals surface area contributed by atoms with E-state index in [0.717, 1.165) is 18.4 Å². The second kappa shape index (κ2) is 12.4. The highest BCUT2D eigenvalue weighted by Crippen LogP contribution is 2.15. The van der Waals surface area contributed by atoms with E-state index in [2.05, 4.69) is 48.2 Å². The van der Waals surface area contributed by atoms with Gasteiger partial charge >= 0.3 is 0 Å². The van der Waals surface area contributed by atoms with Crippen molar-refractivity contribution in [3.63, 3.8) is 0 Å². The summed E-state index contributed by atoms with van der Waals surface area (Å²) in [5, 5.41) is 6.86. The van der Waals surface area contributed by atoms with E-state index < -0.39 is 0 Å². The van der Waals surface area contributed by atoms with Crippen LogP contribution in [0, 0.1) is 11.8 Å². The minimum atomic E-state index is 0. The second-order valence-corrected chi connectivity index (χ2v) is 6.93. The molecular weight excluding hydrogens is 387 g/mol. The first-order chi connectivity index (χ1) is 10.0. The third kappa shape index (κ3) is 9.18. The number of rotatable bonds is 7. The highest BCUT2D eigenvalue weighted by atomic mass is 127. The molecule has 0 aromatic rings.